The summed E-state index contributed by atoms with van der Waals surface area (Å²) in [5, 5.41) is 10.5. The fourth-order valence-electron chi connectivity index (χ4n) is 4.04. The average molecular weight is 402 g/mol. The highest BCUT2D eigenvalue weighted by atomic mass is 16.5. The van der Waals surface area contributed by atoms with Crippen molar-refractivity contribution in [3.8, 4) is 23.3 Å². The van der Waals surface area contributed by atoms with E-state index in [1.807, 2.05) is 18.2 Å². The summed E-state index contributed by atoms with van der Waals surface area (Å²) in [6.07, 6.45) is 2.95. The Balaban J connectivity index is 1.54. The van der Waals surface area contributed by atoms with E-state index in [1.54, 1.807) is 7.11 Å². The molecule has 1 unspecified atom stereocenters. The standard InChI is InChI=1S/C24H35NO4/c1-23(2,3)6-5-19-13-21(27-4)15-22(14-19)29-17-20(26)16-25-10-7-24(18-25)8-11-28-12-9-24/h13-15,20,26H,7-12,16-18H2,1-4H3. The van der Waals surface area contributed by atoms with Gasteiger partial charge in [0.25, 0.3) is 0 Å². The van der Waals surface area contributed by atoms with E-state index in [4.69, 9.17) is 14.2 Å². The van der Waals surface area contributed by atoms with Crippen LogP contribution >= 0.6 is 0 Å². The van der Waals surface area contributed by atoms with Gasteiger partial charge < -0.3 is 24.2 Å². The van der Waals surface area contributed by atoms with Crippen molar-refractivity contribution in [2.45, 2.75) is 46.1 Å². The van der Waals surface area contributed by atoms with Crippen LogP contribution in [0.4, 0.5) is 0 Å². The van der Waals surface area contributed by atoms with Crippen LogP contribution in [0, 0.1) is 22.7 Å². The molecule has 2 aliphatic rings. The summed E-state index contributed by atoms with van der Waals surface area (Å²) in [5.74, 6) is 7.80. The van der Waals surface area contributed by atoms with Crippen LogP contribution in [0.2, 0.25) is 0 Å². The predicted octanol–water partition coefficient (Wildman–Crippen LogP) is 3.34. The summed E-state index contributed by atoms with van der Waals surface area (Å²) in [5.41, 5.74) is 1.18. The van der Waals surface area contributed by atoms with Gasteiger partial charge in [0.2, 0.25) is 0 Å². The second-order valence-electron chi connectivity index (χ2n) is 9.46. The molecule has 0 radical (unpaired) electrons. The highest BCUT2D eigenvalue weighted by molar-refractivity contribution is 5.46. The molecular formula is C24H35NO4. The molecule has 0 aromatic heterocycles. The second kappa shape index (κ2) is 9.38. The first-order valence-corrected chi connectivity index (χ1v) is 10.6. The van der Waals surface area contributed by atoms with Gasteiger partial charge >= 0.3 is 0 Å². The largest absolute Gasteiger partial charge is 0.497 e. The zero-order chi connectivity index (χ0) is 20.9. The van der Waals surface area contributed by atoms with Gasteiger partial charge in [-0.2, -0.15) is 0 Å². The van der Waals surface area contributed by atoms with Gasteiger partial charge in [-0.15, -0.1) is 0 Å². The van der Waals surface area contributed by atoms with Crippen molar-refractivity contribution in [3.05, 3.63) is 23.8 Å². The fraction of sp³-hybridized carbons (Fsp3) is 0.667. The Bertz CT molecular complexity index is 737. The summed E-state index contributed by atoms with van der Waals surface area (Å²) < 4.78 is 16.8. The van der Waals surface area contributed by atoms with E-state index < -0.39 is 6.10 Å². The molecule has 0 amide bonds. The highest BCUT2D eigenvalue weighted by Crippen LogP contribution is 2.39. The monoisotopic (exact) mass is 401 g/mol. The van der Waals surface area contributed by atoms with E-state index in [0.717, 1.165) is 44.7 Å². The number of aliphatic hydroxyl groups is 1. The van der Waals surface area contributed by atoms with Crippen molar-refractivity contribution < 1.29 is 19.3 Å². The minimum atomic E-state index is -0.527. The summed E-state index contributed by atoms with van der Waals surface area (Å²) in [4.78, 5) is 2.37. The molecule has 2 heterocycles. The van der Waals surface area contributed by atoms with Crippen LogP contribution < -0.4 is 9.47 Å². The topological polar surface area (TPSA) is 51.2 Å². The molecule has 2 aliphatic heterocycles. The van der Waals surface area contributed by atoms with Gasteiger partial charge in [0.1, 0.15) is 24.2 Å². The number of β-amino-alcohol motifs (C(OH)–C–C–N with tert-alkyl or cyclic N) is 1. The number of likely N-dealkylation sites (tertiary alicyclic amines) is 1. The molecule has 5 nitrogen and oxygen atoms in total. The first kappa shape index (κ1) is 22.0. The Labute approximate surface area is 175 Å². The third kappa shape index (κ3) is 6.64. The summed E-state index contributed by atoms with van der Waals surface area (Å²) in [6, 6.07) is 5.64. The molecule has 2 fully saturated rings. The molecular weight excluding hydrogens is 366 g/mol. The van der Waals surface area contributed by atoms with Gasteiger partial charge in [-0.1, -0.05) is 11.8 Å². The van der Waals surface area contributed by atoms with Gasteiger partial charge in [-0.3, -0.25) is 0 Å². The van der Waals surface area contributed by atoms with Crippen LogP contribution in [0.1, 0.15) is 45.6 Å². The van der Waals surface area contributed by atoms with Crippen molar-refractivity contribution in [3.63, 3.8) is 0 Å². The molecule has 1 aromatic carbocycles. The number of hydrogen-bond donors (Lipinski definition) is 1. The predicted molar refractivity (Wildman–Crippen MR) is 114 cm³/mol. The highest BCUT2D eigenvalue weighted by Gasteiger charge is 2.39. The lowest BCUT2D eigenvalue weighted by Crippen LogP contribution is -2.37. The summed E-state index contributed by atoms with van der Waals surface area (Å²) >= 11 is 0. The van der Waals surface area contributed by atoms with Crippen LogP contribution in [-0.4, -0.2) is 62.7 Å². The van der Waals surface area contributed by atoms with Crippen LogP contribution in [-0.2, 0) is 4.74 Å². The number of aliphatic hydroxyl groups excluding tert-OH is 1. The number of benzene rings is 1. The lowest BCUT2D eigenvalue weighted by atomic mass is 9.80. The van der Waals surface area contributed by atoms with Crippen molar-refractivity contribution in [1.29, 1.82) is 0 Å². The molecule has 1 spiro atoms. The number of ether oxygens (including phenoxy) is 3. The third-order valence-electron chi connectivity index (χ3n) is 5.68. The maximum absolute atomic E-state index is 10.5. The Hall–Kier alpha value is -1.74. The molecule has 160 valence electrons. The molecule has 1 N–H and O–H groups in total. The average Bonchev–Trinajstić information content (AvgIpc) is 3.06. The lowest BCUT2D eigenvalue weighted by Gasteiger charge is -2.33. The summed E-state index contributed by atoms with van der Waals surface area (Å²) in [6.45, 7) is 11.0. The first-order valence-electron chi connectivity index (χ1n) is 10.6. The van der Waals surface area contributed by atoms with Gasteiger partial charge in [0, 0.05) is 43.3 Å². The van der Waals surface area contributed by atoms with E-state index in [9.17, 15) is 5.11 Å². The fourth-order valence-corrected chi connectivity index (χ4v) is 4.04. The van der Waals surface area contributed by atoms with E-state index in [-0.39, 0.29) is 12.0 Å². The first-order chi connectivity index (χ1) is 13.8. The lowest BCUT2D eigenvalue weighted by molar-refractivity contribution is 0.0149. The van der Waals surface area contributed by atoms with Crippen LogP contribution in [0.5, 0.6) is 11.5 Å². The molecule has 0 bridgehead atoms. The SMILES string of the molecule is COc1cc(C#CC(C)(C)C)cc(OCC(O)CN2CCC3(CCOCC3)C2)c1. The van der Waals surface area contributed by atoms with Gasteiger partial charge in [-0.05, 0) is 64.1 Å². The molecule has 3 rings (SSSR count). The van der Waals surface area contributed by atoms with Gasteiger partial charge in [0.15, 0.2) is 0 Å². The quantitative estimate of drug-likeness (QED) is 0.741. The zero-order valence-electron chi connectivity index (χ0n) is 18.3. The zero-order valence-corrected chi connectivity index (χ0v) is 18.3. The molecule has 29 heavy (non-hydrogen) atoms. The molecule has 0 saturated carbocycles. The van der Waals surface area contributed by atoms with Crippen molar-refractivity contribution in [2.24, 2.45) is 10.8 Å². The molecule has 0 aliphatic carbocycles. The summed E-state index contributed by atoms with van der Waals surface area (Å²) in [7, 11) is 1.63. The third-order valence-corrected chi connectivity index (χ3v) is 5.68. The van der Waals surface area contributed by atoms with E-state index in [1.165, 1.54) is 6.42 Å². The Morgan fingerprint density at radius 3 is 2.59 bits per heavy atom. The van der Waals surface area contributed by atoms with Gasteiger partial charge in [0.05, 0.1) is 7.11 Å². The molecule has 5 heteroatoms. The van der Waals surface area contributed by atoms with Gasteiger partial charge in [-0.25, -0.2) is 0 Å². The maximum Gasteiger partial charge on any atom is 0.124 e. The van der Waals surface area contributed by atoms with Crippen LogP contribution in [0.25, 0.3) is 0 Å². The number of nitrogens with zero attached hydrogens (tertiary/aromatic N) is 1. The van der Waals surface area contributed by atoms with E-state index in [2.05, 4.69) is 37.5 Å². The molecule has 2 saturated heterocycles. The van der Waals surface area contributed by atoms with E-state index in [0.29, 0.717) is 23.5 Å². The smallest absolute Gasteiger partial charge is 0.124 e. The maximum atomic E-state index is 10.5. The second-order valence-corrected chi connectivity index (χ2v) is 9.46. The molecule has 1 aromatic rings. The normalized spacial score (nSPS) is 20.2. The van der Waals surface area contributed by atoms with Crippen molar-refractivity contribution in [1.82, 2.24) is 4.90 Å². The van der Waals surface area contributed by atoms with E-state index >= 15 is 0 Å². The number of methoxy groups -OCH3 is 1. The van der Waals surface area contributed by atoms with Crippen LogP contribution in [0.15, 0.2) is 18.2 Å². The Morgan fingerprint density at radius 1 is 1.17 bits per heavy atom. The van der Waals surface area contributed by atoms with Crippen molar-refractivity contribution >= 4 is 0 Å². The number of rotatable bonds is 6. The minimum Gasteiger partial charge on any atom is -0.497 e. The Kier molecular flexibility index (Phi) is 7.10. The Morgan fingerprint density at radius 2 is 1.90 bits per heavy atom. The molecule has 1 atom stereocenters. The van der Waals surface area contributed by atoms with Crippen molar-refractivity contribution in [2.75, 3.05) is 46.6 Å². The van der Waals surface area contributed by atoms with Crippen LogP contribution in [0.3, 0.4) is 0 Å². The minimum absolute atomic E-state index is 0.0716. The number of hydrogen-bond acceptors (Lipinski definition) is 5.